The van der Waals surface area contributed by atoms with Crippen LogP contribution in [0.5, 0.6) is 0 Å². The number of hydrogen-bond acceptors (Lipinski definition) is 4. The molecule has 0 aliphatic carbocycles. The highest BCUT2D eigenvalue weighted by Gasteiger charge is 2.17. The first-order chi connectivity index (χ1) is 14.8. The normalized spacial score (nSPS) is 11.3. The lowest BCUT2D eigenvalue weighted by Crippen LogP contribution is -2.27. The van der Waals surface area contributed by atoms with Crippen LogP contribution in [0.1, 0.15) is 36.4 Å². The third-order valence-electron chi connectivity index (χ3n) is 5.64. The number of anilines is 1. The fourth-order valence-corrected chi connectivity index (χ4v) is 3.77. The predicted octanol–water partition coefficient (Wildman–Crippen LogP) is 4.17. The third-order valence-corrected chi connectivity index (χ3v) is 6.04. The van der Waals surface area contributed by atoms with E-state index < -0.39 is 0 Å². The molecule has 0 aliphatic heterocycles. The average molecular weight is 443 g/mol. The summed E-state index contributed by atoms with van der Waals surface area (Å²) in [6, 6.07) is 5.85. The Labute approximate surface area is 189 Å². The number of hydrogen-bond donors (Lipinski definition) is 1. The van der Waals surface area contributed by atoms with Crippen LogP contribution in [0.4, 0.5) is 5.69 Å². The fraction of sp³-hybridized carbons (Fsp3) is 0.435. The molecule has 7 nitrogen and oxygen atoms in total. The molecule has 0 bridgehead atoms. The second-order valence-corrected chi connectivity index (χ2v) is 8.15. The Balaban J connectivity index is 1.66. The lowest BCUT2D eigenvalue weighted by molar-refractivity contribution is -0.115. The topological polar surface area (TPSA) is 68.0 Å². The summed E-state index contributed by atoms with van der Waals surface area (Å²) in [6.45, 7) is 13.9. The van der Waals surface area contributed by atoms with Crippen LogP contribution in [0.25, 0.3) is 5.69 Å². The lowest BCUT2D eigenvalue weighted by Gasteiger charge is -2.17. The van der Waals surface area contributed by atoms with Gasteiger partial charge >= 0.3 is 0 Å². The second kappa shape index (κ2) is 10.1. The third kappa shape index (κ3) is 5.54. The molecule has 31 heavy (non-hydrogen) atoms. The van der Waals surface area contributed by atoms with Crippen LogP contribution < -0.4 is 5.32 Å². The first-order valence-electron chi connectivity index (χ1n) is 10.7. The molecular formula is C23H31ClN6O. The molecule has 166 valence electrons. The smallest absolute Gasteiger partial charge is 0.229 e. The van der Waals surface area contributed by atoms with Gasteiger partial charge in [0.2, 0.25) is 5.91 Å². The maximum absolute atomic E-state index is 12.7. The van der Waals surface area contributed by atoms with E-state index in [4.69, 9.17) is 11.6 Å². The first-order valence-corrected chi connectivity index (χ1v) is 11.1. The molecule has 2 aromatic heterocycles. The molecule has 1 N–H and O–H groups in total. The van der Waals surface area contributed by atoms with Crippen molar-refractivity contribution in [2.24, 2.45) is 0 Å². The summed E-state index contributed by atoms with van der Waals surface area (Å²) in [7, 11) is 0. The van der Waals surface area contributed by atoms with Gasteiger partial charge in [-0.15, -0.1) is 0 Å². The van der Waals surface area contributed by atoms with Gasteiger partial charge in [-0.05, 0) is 51.6 Å². The minimum absolute atomic E-state index is 0.0871. The summed E-state index contributed by atoms with van der Waals surface area (Å²) >= 11 is 6.28. The van der Waals surface area contributed by atoms with E-state index in [-0.39, 0.29) is 12.3 Å². The first kappa shape index (κ1) is 23.0. The molecule has 0 saturated heterocycles. The molecule has 3 aromatic rings. The number of carbonyl (C=O) groups excluding carboxylic acids is 1. The number of benzene rings is 1. The number of rotatable bonds is 9. The Morgan fingerprint density at radius 2 is 1.94 bits per heavy atom. The molecule has 0 spiro atoms. The zero-order chi connectivity index (χ0) is 22.5. The summed E-state index contributed by atoms with van der Waals surface area (Å²) < 4.78 is 3.71. The van der Waals surface area contributed by atoms with Gasteiger partial charge < -0.3 is 10.2 Å². The van der Waals surface area contributed by atoms with E-state index in [0.717, 1.165) is 54.4 Å². The van der Waals surface area contributed by atoms with Crippen molar-refractivity contribution in [3.63, 3.8) is 0 Å². The number of nitrogens with one attached hydrogen (secondary N) is 1. The number of nitrogens with zero attached hydrogens (tertiary/aromatic N) is 5. The minimum Gasteiger partial charge on any atom is -0.323 e. The Kier molecular flexibility index (Phi) is 7.51. The SMILES string of the molecule is CCN(CC)CCn1cc(NC(=O)Cc2c(C)nn(-c3ccc(C)c(Cl)c3)c2C)cn1. The minimum atomic E-state index is -0.0871. The molecule has 2 heterocycles. The van der Waals surface area contributed by atoms with Crippen LogP contribution in [0.15, 0.2) is 30.6 Å². The largest absolute Gasteiger partial charge is 0.323 e. The predicted molar refractivity (Wildman–Crippen MR) is 125 cm³/mol. The van der Waals surface area contributed by atoms with Gasteiger partial charge in [-0.1, -0.05) is 31.5 Å². The van der Waals surface area contributed by atoms with Crippen LogP contribution in [0.3, 0.4) is 0 Å². The van der Waals surface area contributed by atoms with E-state index in [0.29, 0.717) is 10.7 Å². The lowest BCUT2D eigenvalue weighted by atomic mass is 10.1. The maximum Gasteiger partial charge on any atom is 0.229 e. The highest BCUT2D eigenvalue weighted by atomic mass is 35.5. The van der Waals surface area contributed by atoms with Crippen LogP contribution in [0, 0.1) is 20.8 Å². The van der Waals surface area contributed by atoms with Gasteiger partial charge in [0.1, 0.15) is 0 Å². The molecule has 0 radical (unpaired) electrons. The molecular weight excluding hydrogens is 412 g/mol. The molecule has 0 saturated carbocycles. The van der Waals surface area contributed by atoms with Crippen LogP contribution >= 0.6 is 11.6 Å². The molecule has 8 heteroatoms. The number of halogens is 1. The van der Waals surface area contributed by atoms with E-state index in [9.17, 15) is 4.79 Å². The summed E-state index contributed by atoms with van der Waals surface area (Å²) in [5, 5.41) is 12.6. The molecule has 0 aliphatic rings. The number of carbonyl (C=O) groups is 1. The second-order valence-electron chi connectivity index (χ2n) is 7.74. The Morgan fingerprint density at radius 3 is 2.61 bits per heavy atom. The van der Waals surface area contributed by atoms with Crippen LogP contribution in [-0.4, -0.2) is 50.0 Å². The Hall–Kier alpha value is -2.64. The van der Waals surface area contributed by atoms with Gasteiger partial charge in [0, 0.05) is 29.0 Å². The molecule has 1 aromatic carbocycles. The monoisotopic (exact) mass is 442 g/mol. The summed E-state index contributed by atoms with van der Waals surface area (Å²) in [6.07, 6.45) is 3.82. The van der Waals surface area contributed by atoms with Crippen LogP contribution in [0.2, 0.25) is 5.02 Å². The van der Waals surface area contributed by atoms with Crippen molar-refractivity contribution in [3.8, 4) is 5.69 Å². The zero-order valence-electron chi connectivity index (χ0n) is 18.9. The van der Waals surface area contributed by atoms with Crippen molar-refractivity contribution in [1.29, 1.82) is 0 Å². The van der Waals surface area contributed by atoms with Crippen molar-refractivity contribution in [2.75, 3.05) is 25.0 Å². The average Bonchev–Trinajstić information content (AvgIpc) is 3.30. The van der Waals surface area contributed by atoms with E-state index in [1.807, 2.05) is 54.5 Å². The van der Waals surface area contributed by atoms with Crippen molar-refractivity contribution in [2.45, 2.75) is 47.6 Å². The quantitative estimate of drug-likeness (QED) is 0.540. The molecule has 0 unspecified atom stereocenters. The van der Waals surface area contributed by atoms with Crippen molar-refractivity contribution in [3.05, 3.63) is 58.1 Å². The highest BCUT2D eigenvalue weighted by Crippen LogP contribution is 2.23. The van der Waals surface area contributed by atoms with Crippen LogP contribution in [-0.2, 0) is 17.8 Å². The van der Waals surface area contributed by atoms with E-state index in [1.165, 1.54) is 0 Å². The highest BCUT2D eigenvalue weighted by molar-refractivity contribution is 6.31. The van der Waals surface area contributed by atoms with Gasteiger partial charge in [0.25, 0.3) is 0 Å². The molecule has 0 fully saturated rings. The number of aryl methyl sites for hydroxylation is 2. The van der Waals surface area contributed by atoms with Gasteiger partial charge in [0.05, 0.1) is 36.2 Å². The van der Waals surface area contributed by atoms with Crippen molar-refractivity contribution < 1.29 is 4.79 Å². The number of likely N-dealkylation sites (N-methyl/N-ethyl adjacent to an activating group) is 1. The standard InChI is InChI=1S/C23H31ClN6O/c1-6-28(7-2)10-11-29-15-19(14-25-29)26-23(31)13-21-17(4)27-30(18(21)5)20-9-8-16(3)22(24)12-20/h8-9,12,14-15H,6-7,10-11,13H2,1-5H3,(H,26,31). The van der Waals surface area contributed by atoms with E-state index in [2.05, 4.69) is 34.3 Å². The number of aromatic nitrogens is 4. The van der Waals surface area contributed by atoms with Crippen molar-refractivity contribution in [1.82, 2.24) is 24.5 Å². The fourth-order valence-electron chi connectivity index (χ4n) is 3.60. The molecule has 3 rings (SSSR count). The molecule has 1 amide bonds. The van der Waals surface area contributed by atoms with Crippen molar-refractivity contribution >= 4 is 23.2 Å². The Morgan fingerprint density at radius 1 is 1.19 bits per heavy atom. The maximum atomic E-state index is 12.7. The zero-order valence-corrected chi connectivity index (χ0v) is 19.7. The van der Waals surface area contributed by atoms with Gasteiger partial charge in [-0.25, -0.2) is 4.68 Å². The van der Waals surface area contributed by atoms with E-state index >= 15 is 0 Å². The van der Waals surface area contributed by atoms with Gasteiger partial charge in [-0.3, -0.25) is 9.48 Å². The summed E-state index contributed by atoms with van der Waals surface area (Å²) in [5.74, 6) is -0.0871. The molecule has 0 atom stereocenters. The number of amides is 1. The summed E-state index contributed by atoms with van der Waals surface area (Å²) in [5.41, 5.74) is 5.30. The van der Waals surface area contributed by atoms with Gasteiger partial charge in [-0.2, -0.15) is 10.2 Å². The van der Waals surface area contributed by atoms with Gasteiger partial charge in [0.15, 0.2) is 0 Å². The Bertz CT molecular complexity index is 1050. The summed E-state index contributed by atoms with van der Waals surface area (Å²) in [4.78, 5) is 15.0. The van der Waals surface area contributed by atoms with E-state index in [1.54, 1.807) is 6.20 Å².